The van der Waals surface area contributed by atoms with Crippen molar-refractivity contribution in [3.63, 3.8) is 0 Å². The molecule has 0 spiro atoms. The van der Waals surface area contributed by atoms with Gasteiger partial charge in [-0.05, 0) is 17.7 Å². The second-order valence-corrected chi connectivity index (χ2v) is 7.53. The molecular formula is C27H22N2O4. The van der Waals surface area contributed by atoms with Crippen molar-refractivity contribution in [2.24, 2.45) is 0 Å². The molecule has 4 aromatic rings. The monoisotopic (exact) mass is 438 g/mol. The zero-order valence-corrected chi connectivity index (χ0v) is 18.0. The molecule has 0 aliphatic rings. The van der Waals surface area contributed by atoms with Gasteiger partial charge in [-0.2, -0.15) is 0 Å². The Morgan fingerprint density at radius 2 is 1.48 bits per heavy atom. The predicted octanol–water partition coefficient (Wildman–Crippen LogP) is 3.98. The lowest BCUT2D eigenvalue weighted by molar-refractivity contribution is -0.142. The van der Waals surface area contributed by atoms with Crippen LogP contribution in [0.3, 0.4) is 0 Å². The van der Waals surface area contributed by atoms with Crippen LogP contribution in [0.2, 0.25) is 0 Å². The van der Waals surface area contributed by atoms with Crippen LogP contribution in [-0.2, 0) is 16.0 Å². The number of fused-ring (bicyclic) bond motifs is 1. The van der Waals surface area contributed by atoms with Crippen molar-refractivity contribution in [3.8, 4) is 0 Å². The molecule has 0 aliphatic heterocycles. The highest BCUT2D eigenvalue weighted by molar-refractivity contribution is 6.09. The third kappa shape index (κ3) is 5.13. The number of nitrogens with zero attached hydrogens (tertiary/aromatic N) is 1. The summed E-state index contributed by atoms with van der Waals surface area (Å²) >= 11 is 0. The molecule has 4 rings (SSSR count). The van der Waals surface area contributed by atoms with Crippen molar-refractivity contribution in [2.75, 3.05) is 7.11 Å². The van der Waals surface area contributed by atoms with Gasteiger partial charge >= 0.3 is 5.97 Å². The minimum atomic E-state index is -0.897. The van der Waals surface area contributed by atoms with Crippen LogP contribution in [0.1, 0.15) is 32.0 Å². The van der Waals surface area contributed by atoms with Crippen molar-refractivity contribution in [1.82, 2.24) is 10.3 Å². The number of pyridine rings is 1. The van der Waals surface area contributed by atoms with E-state index in [2.05, 4.69) is 10.3 Å². The van der Waals surface area contributed by atoms with Crippen molar-refractivity contribution in [2.45, 2.75) is 12.5 Å². The molecular weight excluding hydrogens is 416 g/mol. The minimum absolute atomic E-state index is 0.0812. The van der Waals surface area contributed by atoms with Gasteiger partial charge in [-0.15, -0.1) is 0 Å². The molecule has 0 aliphatic carbocycles. The van der Waals surface area contributed by atoms with Crippen molar-refractivity contribution >= 4 is 28.6 Å². The molecule has 0 radical (unpaired) electrons. The standard InChI is InChI=1S/C27H22N2O4/c1-33-27(32)24(29-26(31)23-16-15-19-7-5-6-10-22(19)28-23)17-18-11-13-21(14-12-18)25(30)20-8-3-2-4-9-20/h2-16,24H,17H2,1H3,(H,29,31)/t24-/m1/s1. The summed E-state index contributed by atoms with van der Waals surface area (Å²) in [6.45, 7) is 0. The molecule has 0 fully saturated rings. The van der Waals surface area contributed by atoms with E-state index < -0.39 is 17.9 Å². The molecule has 1 amide bonds. The Kier molecular flexibility index (Phi) is 6.55. The Bertz CT molecular complexity index is 1300. The van der Waals surface area contributed by atoms with Gasteiger partial charge in [0, 0.05) is 22.9 Å². The molecule has 0 saturated carbocycles. The lowest BCUT2D eigenvalue weighted by atomic mass is 9.99. The smallest absolute Gasteiger partial charge is 0.328 e. The Labute approximate surface area is 191 Å². The number of rotatable bonds is 7. The molecule has 1 atom stereocenters. The second-order valence-electron chi connectivity index (χ2n) is 7.53. The van der Waals surface area contributed by atoms with Gasteiger partial charge < -0.3 is 10.1 Å². The topological polar surface area (TPSA) is 85.4 Å². The maximum Gasteiger partial charge on any atom is 0.328 e. The number of methoxy groups -OCH3 is 1. The number of ether oxygens (including phenoxy) is 1. The molecule has 0 saturated heterocycles. The average Bonchev–Trinajstić information content (AvgIpc) is 2.88. The van der Waals surface area contributed by atoms with Crippen molar-refractivity contribution in [1.29, 1.82) is 0 Å². The van der Waals surface area contributed by atoms with Crippen LogP contribution in [-0.4, -0.2) is 35.8 Å². The van der Waals surface area contributed by atoms with Gasteiger partial charge in [0.05, 0.1) is 12.6 Å². The number of hydrogen-bond acceptors (Lipinski definition) is 5. The lowest BCUT2D eigenvalue weighted by Crippen LogP contribution is -2.43. The maximum absolute atomic E-state index is 12.8. The number of hydrogen-bond donors (Lipinski definition) is 1. The summed E-state index contributed by atoms with van der Waals surface area (Å²) in [5.41, 5.74) is 2.84. The van der Waals surface area contributed by atoms with Crippen LogP contribution in [0.5, 0.6) is 0 Å². The zero-order chi connectivity index (χ0) is 23.2. The van der Waals surface area contributed by atoms with Gasteiger partial charge in [-0.3, -0.25) is 9.59 Å². The number of amides is 1. The van der Waals surface area contributed by atoms with Gasteiger partial charge in [-0.1, -0.05) is 78.9 Å². The van der Waals surface area contributed by atoms with Crippen LogP contribution < -0.4 is 5.32 Å². The predicted molar refractivity (Wildman–Crippen MR) is 125 cm³/mol. The van der Waals surface area contributed by atoms with E-state index in [4.69, 9.17) is 4.74 Å². The fourth-order valence-corrected chi connectivity index (χ4v) is 3.54. The van der Waals surface area contributed by atoms with Gasteiger partial charge in [0.1, 0.15) is 11.7 Å². The van der Waals surface area contributed by atoms with Crippen molar-refractivity contribution in [3.05, 3.63) is 113 Å². The summed E-state index contributed by atoms with van der Waals surface area (Å²) in [6.07, 6.45) is 0.214. The first-order valence-electron chi connectivity index (χ1n) is 10.5. The first kappa shape index (κ1) is 21.9. The quantitative estimate of drug-likeness (QED) is 0.348. The van der Waals surface area contributed by atoms with Gasteiger partial charge in [0.2, 0.25) is 0 Å². The SMILES string of the molecule is COC(=O)[C@@H](Cc1ccc(C(=O)c2ccccc2)cc1)NC(=O)c1ccc2ccccc2n1. The highest BCUT2D eigenvalue weighted by Gasteiger charge is 2.23. The lowest BCUT2D eigenvalue weighted by Gasteiger charge is -2.17. The first-order valence-corrected chi connectivity index (χ1v) is 10.5. The van der Waals surface area contributed by atoms with E-state index in [-0.39, 0.29) is 17.9 Å². The van der Waals surface area contributed by atoms with Crippen LogP contribution in [0, 0.1) is 0 Å². The summed E-state index contributed by atoms with van der Waals surface area (Å²) in [5, 5.41) is 3.64. The molecule has 1 heterocycles. The van der Waals surface area contributed by atoms with E-state index in [0.717, 1.165) is 10.9 Å². The maximum atomic E-state index is 12.8. The zero-order valence-electron chi connectivity index (χ0n) is 18.0. The number of para-hydroxylation sites is 1. The fraction of sp³-hybridized carbons (Fsp3) is 0.111. The van der Waals surface area contributed by atoms with Gasteiger partial charge in [0.15, 0.2) is 5.78 Å². The Morgan fingerprint density at radius 3 is 2.21 bits per heavy atom. The van der Waals surface area contributed by atoms with Crippen LogP contribution >= 0.6 is 0 Å². The molecule has 0 unspecified atom stereocenters. The number of aromatic nitrogens is 1. The summed E-state index contributed by atoms with van der Waals surface area (Å²) in [5.74, 6) is -1.11. The summed E-state index contributed by atoms with van der Waals surface area (Å²) in [4.78, 5) is 42.1. The normalized spacial score (nSPS) is 11.5. The third-order valence-corrected chi connectivity index (χ3v) is 5.31. The first-order chi connectivity index (χ1) is 16.0. The van der Waals surface area contributed by atoms with Crippen LogP contribution in [0.4, 0.5) is 0 Å². The highest BCUT2D eigenvalue weighted by atomic mass is 16.5. The summed E-state index contributed by atoms with van der Waals surface area (Å²) in [7, 11) is 1.28. The van der Waals surface area contributed by atoms with E-state index in [1.807, 2.05) is 48.5 Å². The molecule has 33 heavy (non-hydrogen) atoms. The average molecular weight is 438 g/mol. The summed E-state index contributed by atoms with van der Waals surface area (Å²) in [6, 6.07) is 26.0. The van der Waals surface area contributed by atoms with Gasteiger partial charge in [0.25, 0.3) is 5.91 Å². The minimum Gasteiger partial charge on any atom is -0.467 e. The Hall–Kier alpha value is -4.32. The summed E-state index contributed by atoms with van der Waals surface area (Å²) < 4.78 is 4.88. The number of nitrogens with one attached hydrogen (secondary N) is 1. The van der Waals surface area contributed by atoms with Crippen LogP contribution in [0.15, 0.2) is 91.0 Å². The van der Waals surface area contributed by atoms with E-state index in [0.29, 0.717) is 16.6 Å². The molecule has 1 N–H and O–H groups in total. The third-order valence-electron chi connectivity index (χ3n) is 5.31. The molecule has 0 bridgehead atoms. The van der Waals surface area contributed by atoms with E-state index in [1.54, 1.807) is 42.5 Å². The highest BCUT2D eigenvalue weighted by Crippen LogP contribution is 2.14. The number of ketones is 1. The van der Waals surface area contributed by atoms with E-state index in [1.165, 1.54) is 7.11 Å². The molecule has 164 valence electrons. The molecule has 3 aromatic carbocycles. The number of carbonyl (C=O) groups is 3. The van der Waals surface area contributed by atoms with Crippen LogP contribution in [0.25, 0.3) is 10.9 Å². The number of carbonyl (C=O) groups excluding carboxylic acids is 3. The van der Waals surface area contributed by atoms with Gasteiger partial charge in [-0.25, -0.2) is 9.78 Å². The van der Waals surface area contributed by atoms with E-state index >= 15 is 0 Å². The Morgan fingerprint density at radius 1 is 0.818 bits per heavy atom. The molecule has 6 nitrogen and oxygen atoms in total. The second kappa shape index (κ2) is 9.87. The molecule has 1 aromatic heterocycles. The number of benzene rings is 3. The number of esters is 1. The Balaban J connectivity index is 1.49. The fourth-order valence-electron chi connectivity index (χ4n) is 3.54. The molecule has 6 heteroatoms. The largest absolute Gasteiger partial charge is 0.467 e. The van der Waals surface area contributed by atoms with E-state index in [9.17, 15) is 14.4 Å². The van der Waals surface area contributed by atoms with Crippen molar-refractivity contribution < 1.29 is 19.1 Å².